The molecule has 0 aliphatic heterocycles. The molecule has 0 saturated heterocycles. The van der Waals surface area contributed by atoms with Crippen molar-refractivity contribution >= 4 is 0 Å². The van der Waals surface area contributed by atoms with Crippen LogP contribution in [0.1, 0.15) is 42.6 Å². The molecule has 0 fully saturated rings. The highest BCUT2D eigenvalue weighted by Gasteiger charge is 2.13. The van der Waals surface area contributed by atoms with Crippen LogP contribution >= 0.6 is 0 Å². The highest BCUT2D eigenvalue weighted by molar-refractivity contribution is 5.25. The molecular formula is C17H20FN. The number of aryl methyl sites for hydroxylation is 1. The fourth-order valence-electron chi connectivity index (χ4n) is 2.24. The van der Waals surface area contributed by atoms with E-state index >= 15 is 0 Å². The molecule has 0 radical (unpaired) electrons. The zero-order chi connectivity index (χ0) is 13.8. The van der Waals surface area contributed by atoms with E-state index in [9.17, 15) is 4.39 Å². The minimum absolute atomic E-state index is 0.0162. The molecule has 0 saturated carbocycles. The lowest BCUT2D eigenvalue weighted by molar-refractivity contribution is 0.474. The van der Waals surface area contributed by atoms with Gasteiger partial charge >= 0.3 is 0 Å². The van der Waals surface area contributed by atoms with E-state index in [1.54, 1.807) is 6.07 Å². The summed E-state index contributed by atoms with van der Waals surface area (Å²) in [4.78, 5) is 0. The number of nitrogens with one attached hydrogen (secondary N) is 1. The maximum Gasteiger partial charge on any atom is 0.127 e. The highest BCUT2D eigenvalue weighted by atomic mass is 19.1. The van der Waals surface area contributed by atoms with Crippen LogP contribution in [-0.4, -0.2) is 0 Å². The van der Waals surface area contributed by atoms with Gasteiger partial charge in [-0.1, -0.05) is 48.0 Å². The Kier molecular flexibility index (Phi) is 4.33. The van der Waals surface area contributed by atoms with Gasteiger partial charge in [0, 0.05) is 17.6 Å². The van der Waals surface area contributed by atoms with Crippen molar-refractivity contribution in [3.63, 3.8) is 0 Å². The minimum Gasteiger partial charge on any atom is -0.304 e. The van der Waals surface area contributed by atoms with Crippen LogP contribution in [0.15, 0.2) is 48.5 Å². The lowest BCUT2D eigenvalue weighted by Crippen LogP contribution is -2.23. The maximum atomic E-state index is 13.7. The first-order valence-corrected chi connectivity index (χ1v) is 6.65. The summed E-state index contributed by atoms with van der Waals surface area (Å²) in [6.45, 7) is 6.16. The molecule has 0 aliphatic rings. The minimum atomic E-state index is -0.154. The molecule has 0 spiro atoms. The third-order valence-electron chi connectivity index (χ3n) is 3.45. The Hall–Kier alpha value is -1.67. The molecule has 0 heterocycles. The van der Waals surface area contributed by atoms with E-state index in [0.717, 1.165) is 0 Å². The third-order valence-corrected chi connectivity index (χ3v) is 3.45. The number of benzene rings is 2. The molecule has 1 nitrogen and oxygen atoms in total. The summed E-state index contributed by atoms with van der Waals surface area (Å²) in [6.07, 6.45) is 0. The molecule has 0 aromatic heterocycles. The van der Waals surface area contributed by atoms with Crippen LogP contribution < -0.4 is 5.32 Å². The Labute approximate surface area is 114 Å². The van der Waals surface area contributed by atoms with Gasteiger partial charge in [0.2, 0.25) is 0 Å². The van der Waals surface area contributed by atoms with Gasteiger partial charge in [0.05, 0.1) is 0 Å². The van der Waals surface area contributed by atoms with Crippen molar-refractivity contribution in [2.24, 2.45) is 0 Å². The quantitative estimate of drug-likeness (QED) is 0.847. The van der Waals surface area contributed by atoms with Crippen LogP contribution in [0.25, 0.3) is 0 Å². The summed E-state index contributed by atoms with van der Waals surface area (Å²) in [5.74, 6) is -0.154. The van der Waals surface area contributed by atoms with Crippen molar-refractivity contribution in [1.82, 2.24) is 5.32 Å². The normalized spacial score (nSPS) is 14.1. The zero-order valence-electron chi connectivity index (χ0n) is 11.7. The molecule has 2 aromatic carbocycles. The van der Waals surface area contributed by atoms with Crippen molar-refractivity contribution < 1.29 is 4.39 Å². The first-order chi connectivity index (χ1) is 9.08. The molecule has 100 valence electrons. The molecule has 2 heteroatoms. The molecule has 2 atom stereocenters. The van der Waals surface area contributed by atoms with Crippen LogP contribution in [0.4, 0.5) is 4.39 Å². The zero-order valence-corrected chi connectivity index (χ0v) is 11.7. The van der Waals surface area contributed by atoms with E-state index in [1.807, 2.05) is 19.1 Å². The summed E-state index contributed by atoms with van der Waals surface area (Å²) < 4.78 is 13.7. The molecule has 0 bridgehead atoms. The van der Waals surface area contributed by atoms with Gasteiger partial charge in [-0.25, -0.2) is 4.39 Å². The lowest BCUT2D eigenvalue weighted by atomic mass is 10.0. The highest BCUT2D eigenvalue weighted by Crippen LogP contribution is 2.21. The number of halogens is 1. The molecule has 2 rings (SSSR count). The maximum absolute atomic E-state index is 13.7. The summed E-state index contributed by atoms with van der Waals surface area (Å²) >= 11 is 0. The van der Waals surface area contributed by atoms with Gasteiger partial charge in [-0.15, -0.1) is 0 Å². The lowest BCUT2D eigenvalue weighted by Gasteiger charge is -2.21. The van der Waals surface area contributed by atoms with Crippen molar-refractivity contribution in [1.29, 1.82) is 0 Å². The predicted octanol–water partition coefficient (Wildman–Crippen LogP) is 4.55. The molecule has 19 heavy (non-hydrogen) atoms. The van der Waals surface area contributed by atoms with Crippen molar-refractivity contribution in [2.75, 3.05) is 0 Å². The average Bonchev–Trinajstić information content (AvgIpc) is 2.39. The second kappa shape index (κ2) is 5.98. The van der Waals surface area contributed by atoms with E-state index < -0.39 is 0 Å². The van der Waals surface area contributed by atoms with E-state index in [2.05, 4.69) is 43.4 Å². The van der Waals surface area contributed by atoms with E-state index in [-0.39, 0.29) is 17.9 Å². The van der Waals surface area contributed by atoms with Gasteiger partial charge in [0.15, 0.2) is 0 Å². The molecule has 0 aliphatic carbocycles. The SMILES string of the molecule is Cc1ccc([C@@H](C)NC(C)c2ccccc2F)cc1. The summed E-state index contributed by atoms with van der Waals surface area (Å²) in [6, 6.07) is 15.5. The average molecular weight is 257 g/mol. The number of hydrogen-bond donors (Lipinski definition) is 1. The molecule has 0 amide bonds. The van der Waals surface area contributed by atoms with Crippen molar-refractivity contribution in [3.05, 3.63) is 71.0 Å². The standard InChI is InChI=1S/C17H20FN/c1-12-8-10-15(11-9-12)13(2)19-14(3)16-6-4-5-7-17(16)18/h4-11,13-14,19H,1-3H3/t13-,14?/m1/s1. The fraction of sp³-hybridized carbons (Fsp3) is 0.294. The third kappa shape index (κ3) is 3.42. The first-order valence-electron chi connectivity index (χ1n) is 6.65. The van der Waals surface area contributed by atoms with Gasteiger partial charge in [-0.05, 0) is 32.4 Å². The monoisotopic (exact) mass is 257 g/mol. The second-order valence-corrected chi connectivity index (χ2v) is 5.04. The van der Waals surface area contributed by atoms with Gasteiger partial charge in [0.25, 0.3) is 0 Å². The van der Waals surface area contributed by atoms with Gasteiger partial charge in [-0.2, -0.15) is 0 Å². The van der Waals surface area contributed by atoms with Crippen LogP contribution in [0.3, 0.4) is 0 Å². The second-order valence-electron chi connectivity index (χ2n) is 5.04. The Morgan fingerprint density at radius 1 is 0.895 bits per heavy atom. The van der Waals surface area contributed by atoms with Crippen molar-refractivity contribution in [2.45, 2.75) is 32.9 Å². The van der Waals surface area contributed by atoms with E-state index in [4.69, 9.17) is 0 Å². The van der Waals surface area contributed by atoms with Gasteiger partial charge in [0.1, 0.15) is 5.82 Å². The Morgan fingerprint density at radius 3 is 2.16 bits per heavy atom. The van der Waals surface area contributed by atoms with Crippen LogP contribution in [0.5, 0.6) is 0 Å². The Morgan fingerprint density at radius 2 is 1.53 bits per heavy atom. The fourth-order valence-corrected chi connectivity index (χ4v) is 2.24. The molecule has 2 aromatic rings. The van der Waals surface area contributed by atoms with Gasteiger partial charge < -0.3 is 5.32 Å². The smallest absolute Gasteiger partial charge is 0.127 e. The first kappa shape index (κ1) is 13.8. The summed E-state index contributed by atoms with van der Waals surface area (Å²) in [7, 11) is 0. The summed E-state index contributed by atoms with van der Waals surface area (Å²) in [5.41, 5.74) is 3.17. The largest absolute Gasteiger partial charge is 0.304 e. The van der Waals surface area contributed by atoms with E-state index in [1.165, 1.54) is 17.2 Å². The number of hydrogen-bond acceptors (Lipinski definition) is 1. The van der Waals surface area contributed by atoms with E-state index in [0.29, 0.717) is 5.56 Å². The topological polar surface area (TPSA) is 12.0 Å². The van der Waals surface area contributed by atoms with Gasteiger partial charge in [-0.3, -0.25) is 0 Å². The summed E-state index contributed by atoms with van der Waals surface area (Å²) in [5, 5.41) is 3.43. The van der Waals surface area contributed by atoms with Crippen LogP contribution in [0.2, 0.25) is 0 Å². The Balaban J connectivity index is 2.08. The molecular weight excluding hydrogens is 237 g/mol. The molecule has 1 N–H and O–H groups in total. The van der Waals surface area contributed by atoms with Crippen LogP contribution in [-0.2, 0) is 0 Å². The van der Waals surface area contributed by atoms with Crippen LogP contribution in [0, 0.1) is 12.7 Å². The molecule has 1 unspecified atom stereocenters. The van der Waals surface area contributed by atoms with Crippen molar-refractivity contribution in [3.8, 4) is 0 Å². The predicted molar refractivity (Wildman–Crippen MR) is 77.5 cm³/mol. The number of rotatable bonds is 4. The Bertz CT molecular complexity index is 533.